The molecule has 102 valence electrons. The van der Waals surface area contributed by atoms with Crippen molar-refractivity contribution >= 4 is 0 Å². The third-order valence-electron chi connectivity index (χ3n) is 3.23. The van der Waals surface area contributed by atoms with Crippen molar-refractivity contribution in [2.75, 3.05) is 7.11 Å². The van der Waals surface area contributed by atoms with E-state index in [4.69, 9.17) is 4.74 Å². The number of benzene rings is 1. The highest BCUT2D eigenvalue weighted by atomic mass is 16.5. The van der Waals surface area contributed by atoms with Gasteiger partial charge in [-0.05, 0) is 17.5 Å². The van der Waals surface area contributed by atoms with Gasteiger partial charge in [0.2, 0.25) is 0 Å². The zero-order valence-electron chi connectivity index (χ0n) is 11.7. The Morgan fingerprint density at radius 1 is 1.17 bits per heavy atom. The summed E-state index contributed by atoms with van der Waals surface area (Å²) in [5.74, 6) is 0. The first-order valence-electron chi connectivity index (χ1n) is 7.03. The first-order valence-corrected chi connectivity index (χ1v) is 7.03. The number of hydrogen-bond acceptors (Lipinski definition) is 2. The molecule has 1 unspecified atom stereocenters. The normalized spacial score (nSPS) is 12.6. The van der Waals surface area contributed by atoms with Gasteiger partial charge in [0.1, 0.15) is 0 Å². The summed E-state index contributed by atoms with van der Waals surface area (Å²) >= 11 is 0. The van der Waals surface area contributed by atoms with Gasteiger partial charge in [0.25, 0.3) is 0 Å². The van der Waals surface area contributed by atoms with Gasteiger partial charge in [-0.15, -0.1) is 0 Å². The number of ether oxygens (including phenoxy) is 1. The highest BCUT2D eigenvalue weighted by molar-refractivity contribution is 5.24. The van der Waals surface area contributed by atoms with Crippen LogP contribution in [0.2, 0.25) is 0 Å². The fourth-order valence-corrected chi connectivity index (χ4v) is 2.16. The SMILES string of the molecule is CCCCCCCC(O)c1cccc(COC)c1. The molecule has 18 heavy (non-hydrogen) atoms. The Morgan fingerprint density at radius 3 is 2.67 bits per heavy atom. The average molecular weight is 250 g/mol. The fourth-order valence-electron chi connectivity index (χ4n) is 2.16. The van der Waals surface area contributed by atoms with E-state index in [2.05, 4.69) is 6.92 Å². The van der Waals surface area contributed by atoms with E-state index >= 15 is 0 Å². The molecule has 0 saturated carbocycles. The summed E-state index contributed by atoms with van der Waals surface area (Å²) in [5.41, 5.74) is 2.14. The second-order valence-corrected chi connectivity index (χ2v) is 4.90. The van der Waals surface area contributed by atoms with Gasteiger partial charge in [-0.2, -0.15) is 0 Å². The third-order valence-corrected chi connectivity index (χ3v) is 3.23. The minimum Gasteiger partial charge on any atom is -0.388 e. The smallest absolute Gasteiger partial charge is 0.0790 e. The maximum absolute atomic E-state index is 10.1. The molecule has 0 aliphatic rings. The van der Waals surface area contributed by atoms with E-state index in [0.29, 0.717) is 6.61 Å². The molecule has 0 aliphatic heterocycles. The lowest BCUT2D eigenvalue weighted by molar-refractivity contribution is 0.162. The van der Waals surface area contributed by atoms with Crippen molar-refractivity contribution in [1.82, 2.24) is 0 Å². The van der Waals surface area contributed by atoms with Gasteiger partial charge < -0.3 is 9.84 Å². The van der Waals surface area contributed by atoms with Crippen molar-refractivity contribution in [2.24, 2.45) is 0 Å². The van der Waals surface area contributed by atoms with Crippen molar-refractivity contribution in [1.29, 1.82) is 0 Å². The molecule has 0 fully saturated rings. The summed E-state index contributed by atoms with van der Waals surface area (Å²) in [6.45, 7) is 2.83. The molecule has 2 nitrogen and oxygen atoms in total. The Balaban J connectivity index is 2.36. The lowest BCUT2D eigenvalue weighted by Crippen LogP contribution is -1.99. The summed E-state index contributed by atoms with van der Waals surface area (Å²) in [4.78, 5) is 0. The van der Waals surface area contributed by atoms with Crippen molar-refractivity contribution < 1.29 is 9.84 Å². The first-order chi connectivity index (χ1) is 8.77. The number of methoxy groups -OCH3 is 1. The van der Waals surface area contributed by atoms with E-state index in [1.165, 1.54) is 25.7 Å². The maximum atomic E-state index is 10.1. The number of hydrogen-bond donors (Lipinski definition) is 1. The summed E-state index contributed by atoms with van der Waals surface area (Å²) in [7, 11) is 1.69. The molecular weight excluding hydrogens is 224 g/mol. The molecule has 0 saturated heterocycles. The second kappa shape index (κ2) is 9.12. The summed E-state index contributed by atoms with van der Waals surface area (Å²) in [5, 5.41) is 10.1. The Morgan fingerprint density at radius 2 is 1.94 bits per heavy atom. The number of aliphatic hydroxyl groups excluding tert-OH is 1. The lowest BCUT2D eigenvalue weighted by Gasteiger charge is -2.12. The van der Waals surface area contributed by atoms with E-state index in [9.17, 15) is 5.11 Å². The van der Waals surface area contributed by atoms with Crippen LogP contribution in [0.15, 0.2) is 24.3 Å². The monoisotopic (exact) mass is 250 g/mol. The Bertz CT molecular complexity index is 323. The van der Waals surface area contributed by atoms with E-state index in [0.717, 1.165) is 24.0 Å². The highest BCUT2D eigenvalue weighted by Gasteiger charge is 2.07. The van der Waals surface area contributed by atoms with Gasteiger partial charge in [-0.3, -0.25) is 0 Å². The van der Waals surface area contributed by atoms with E-state index in [1.807, 2.05) is 24.3 Å². The molecule has 0 radical (unpaired) electrons. The number of unbranched alkanes of at least 4 members (excludes halogenated alkanes) is 4. The van der Waals surface area contributed by atoms with E-state index in [1.54, 1.807) is 7.11 Å². The highest BCUT2D eigenvalue weighted by Crippen LogP contribution is 2.21. The summed E-state index contributed by atoms with van der Waals surface area (Å²) in [6, 6.07) is 8.06. The van der Waals surface area contributed by atoms with Crippen LogP contribution in [0.4, 0.5) is 0 Å². The molecular formula is C16H26O2. The molecule has 0 aromatic heterocycles. The van der Waals surface area contributed by atoms with Crippen LogP contribution in [0.1, 0.15) is 62.7 Å². The van der Waals surface area contributed by atoms with Crippen LogP contribution in [0.5, 0.6) is 0 Å². The fraction of sp³-hybridized carbons (Fsp3) is 0.625. The molecule has 2 heteroatoms. The zero-order chi connectivity index (χ0) is 13.2. The Labute approximate surface area is 111 Å². The predicted molar refractivity (Wildman–Crippen MR) is 75.5 cm³/mol. The zero-order valence-corrected chi connectivity index (χ0v) is 11.7. The molecule has 1 aromatic rings. The van der Waals surface area contributed by atoms with Gasteiger partial charge in [-0.25, -0.2) is 0 Å². The van der Waals surface area contributed by atoms with Crippen LogP contribution >= 0.6 is 0 Å². The molecule has 1 N–H and O–H groups in total. The second-order valence-electron chi connectivity index (χ2n) is 4.90. The summed E-state index contributed by atoms with van der Waals surface area (Å²) < 4.78 is 5.11. The van der Waals surface area contributed by atoms with Gasteiger partial charge in [0, 0.05) is 7.11 Å². The largest absolute Gasteiger partial charge is 0.388 e. The molecule has 1 atom stereocenters. The van der Waals surface area contributed by atoms with E-state index < -0.39 is 0 Å². The van der Waals surface area contributed by atoms with Gasteiger partial charge in [0.05, 0.1) is 12.7 Å². The van der Waals surface area contributed by atoms with E-state index in [-0.39, 0.29) is 6.10 Å². The van der Waals surface area contributed by atoms with Crippen LogP contribution in [0, 0.1) is 0 Å². The minimum atomic E-state index is -0.330. The minimum absolute atomic E-state index is 0.330. The standard InChI is InChI=1S/C16H26O2/c1-3-4-5-6-7-11-16(17)15-10-8-9-14(12-15)13-18-2/h8-10,12,16-17H,3-7,11,13H2,1-2H3. The topological polar surface area (TPSA) is 29.5 Å². The van der Waals surface area contributed by atoms with Crippen molar-refractivity contribution in [3.63, 3.8) is 0 Å². The molecule has 1 rings (SSSR count). The van der Waals surface area contributed by atoms with Crippen molar-refractivity contribution in [3.05, 3.63) is 35.4 Å². The van der Waals surface area contributed by atoms with Gasteiger partial charge >= 0.3 is 0 Å². The predicted octanol–water partition coefficient (Wildman–Crippen LogP) is 4.23. The maximum Gasteiger partial charge on any atom is 0.0790 e. The summed E-state index contributed by atoms with van der Waals surface area (Å²) in [6.07, 6.45) is 6.72. The molecule has 1 aromatic carbocycles. The lowest BCUT2D eigenvalue weighted by atomic mass is 10.0. The van der Waals surface area contributed by atoms with Gasteiger partial charge in [0.15, 0.2) is 0 Å². The van der Waals surface area contributed by atoms with Crippen molar-refractivity contribution in [2.45, 2.75) is 58.2 Å². The molecule has 0 spiro atoms. The Kier molecular flexibility index (Phi) is 7.70. The molecule has 0 heterocycles. The molecule has 0 bridgehead atoms. The van der Waals surface area contributed by atoms with Crippen LogP contribution in [0.3, 0.4) is 0 Å². The average Bonchev–Trinajstić information content (AvgIpc) is 2.39. The third kappa shape index (κ3) is 5.65. The molecule has 0 amide bonds. The quantitative estimate of drug-likeness (QED) is 0.665. The first kappa shape index (κ1) is 15.2. The van der Waals surface area contributed by atoms with Crippen LogP contribution in [-0.4, -0.2) is 12.2 Å². The van der Waals surface area contributed by atoms with Crippen molar-refractivity contribution in [3.8, 4) is 0 Å². The molecule has 0 aliphatic carbocycles. The van der Waals surface area contributed by atoms with Crippen LogP contribution in [0.25, 0.3) is 0 Å². The number of aliphatic hydroxyl groups is 1. The van der Waals surface area contributed by atoms with Gasteiger partial charge in [-0.1, -0.05) is 63.3 Å². The Hall–Kier alpha value is -0.860. The van der Waals surface area contributed by atoms with Crippen LogP contribution < -0.4 is 0 Å². The van der Waals surface area contributed by atoms with Crippen LogP contribution in [-0.2, 0) is 11.3 Å². The number of rotatable bonds is 9.